The van der Waals surface area contributed by atoms with Crippen LogP contribution in [0.15, 0.2) is 12.2 Å². The molecule has 1 fully saturated rings. The molecule has 3 heteroatoms. The second-order valence-electron chi connectivity index (χ2n) is 3.30. The van der Waals surface area contributed by atoms with Crippen LogP contribution in [-0.4, -0.2) is 22.3 Å². The van der Waals surface area contributed by atoms with Crippen molar-refractivity contribution >= 4 is 5.97 Å². The molecule has 4 atom stereocenters. The molecular formula is C8H10O3. The first-order valence-corrected chi connectivity index (χ1v) is 3.79. The zero-order chi connectivity index (χ0) is 8.01. The fourth-order valence-corrected chi connectivity index (χ4v) is 2.09. The maximum atomic E-state index is 10.6. The number of rotatable bonds is 1. The lowest BCUT2D eigenvalue weighted by Crippen LogP contribution is -2.21. The first-order valence-electron chi connectivity index (χ1n) is 3.79. The van der Waals surface area contributed by atoms with E-state index in [0.29, 0.717) is 6.42 Å². The molecule has 0 spiro atoms. The SMILES string of the molecule is O=C(O)[C@H]1C[C@H]2C=C[C@@H]1[C@H]2O. The van der Waals surface area contributed by atoms with E-state index in [9.17, 15) is 9.90 Å². The van der Waals surface area contributed by atoms with Crippen LogP contribution in [0.5, 0.6) is 0 Å². The minimum Gasteiger partial charge on any atom is -0.481 e. The summed E-state index contributed by atoms with van der Waals surface area (Å²) in [4.78, 5) is 10.6. The van der Waals surface area contributed by atoms with Gasteiger partial charge in [0.05, 0.1) is 12.0 Å². The van der Waals surface area contributed by atoms with E-state index in [-0.39, 0.29) is 17.8 Å². The summed E-state index contributed by atoms with van der Waals surface area (Å²) in [5.74, 6) is -1.15. The fourth-order valence-electron chi connectivity index (χ4n) is 2.09. The van der Waals surface area contributed by atoms with E-state index in [1.54, 1.807) is 0 Å². The number of aliphatic carboxylic acids is 1. The molecule has 2 rings (SSSR count). The van der Waals surface area contributed by atoms with Gasteiger partial charge in [-0.1, -0.05) is 12.2 Å². The summed E-state index contributed by atoms with van der Waals surface area (Å²) in [5, 5.41) is 18.1. The van der Waals surface area contributed by atoms with Gasteiger partial charge in [0.25, 0.3) is 0 Å². The van der Waals surface area contributed by atoms with Crippen LogP contribution in [-0.2, 0) is 4.79 Å². The summed E-state index contributed by atoms with van der Waals surface area (Å²) in [6.45, 7) is 0. The molecule has 0 aromatic heterocycles. The Morgan fingerprint density at radius 3 is 2.45 bits per heavy atom. The molecule has 0 aliphatic heterocycles. The topological polar surface area (TPSA) is 57.5 Å². The van der Waals surface area contributed by atoms with Gasteiger partial charge in [-0.2, -0.15) is 0 Å². The normalized spacial score (nSPS) is 46.6. The zero-order valence-corrected chi connectivity index (χ0v) is 5.97. The number of hydrogen-bond acceptors (Lipinski definition) is 2. The molecule has 0 saturated heterocycles. The molecule has 2 aliphatic rings. The van der Waals surface area contributed by atoms with Crippen LogP contribution in [0.1, 0.15) is 6.42 Å². The van der Waals surface area contributed by atoms with Gasteiger partial charge in [0.2, 0.25) is 0 Å². The molecule has 3 nitrogen and oxygen atoms in total. The van der Waals surface area contributed by atoms with Crippen molar-refractivity contribution in [2.75, 3.05) is 0 Å². The highest BCUT2D eigenvalue weighted by molar-refractivity contribution is 5.72. The number of carbonyl (C=O) groups is 1. The van der Waals surface area contributed by atoms with E-state index in [2.05, 4.69) is 0 Å². The molecule has 2 N–H and O–H groups in total. The van der Waals surface area contributed by atoms with Crippen molar-refractivity contribution in [3.05, 3.63) is 12.2 Å². The Morgan fingerprint density at radius 1 is 1.45 bits per heavy atom. The number of hydrogen-bond donors (Lipinski definition) is 2. The Kier molecular flexibility index (Phi) is 1.29. The van der Waals surface area contributed by atoms with E-state index in [0.717, 1.165) is 0 Å². The first-order chi connectivity index (χ1) is 5.20. The van der Waals surface area contributed by atoms with Crippen LogP contribution in [0.3, 0.4) is 0 Å². The lowest BCUT2D eigenvalue weighted by atomic mass is 9.94. The van der Waals surface area contributed by atoms with Gasteiger partial charge in [0.1, 0.15) is 0 Å². The van der Waals surface area contributed by atoms with E-state index < -0.39 is 12.1 Å². The average Bonchev–Trinajstić information content (AvgIpc) is 2.46. The Balaban J connectivity index is 2.21. The highest BCUT2D eigenvalue weighted by atomic mass is 16.4. The summed E-state index contributed by atoms with van der Waals surface area (Å²) >= 11 is 0. The molecule has 11 heavy (non-hydrogen) atoms. The van der Waals surface area contributed by atoms with Gasteiger partial charge in [-0.3, -0.25) is 4.79 Å². The Hall–Kier alpha value is -0.830. The lowest BCUT2D eigenvalue weighted by Gasteiger charge is -2.12. The van der Waals surface area contributed by atoms with Crippen molar-refractivity contribution in [1.29, 1.82) is 0 Å². The fraction of sp³-hybridized carbons (Fsp3) is 0.625. The van der Waals surface area contributed by atoms with Gasteiger partial charge < -0.3 is 10.2 Å². The second kappa shape index (κ2) is 2.08. The maximum absolute atomic E-state index is 10.6. The molecular weight excluding hydrogens is 144 g/mol. The van der Waals surface area contributed by atoms with Crippen molar-refractivity contribution in [2.24, 2.45) is 17.8 Å². The summed E-state index contributed by atoms with van der Waals surface area (Å²) in [6, 6.07) is 0. The molecule has 1 saturated carbocycles. The van der Waals surface area contributed by atoms with Crippen molar-refractivity contribution in [1.82, 2.24) is 0 Å². The number of aliphatic hydroxyl groups excluding tert-OH is 1. The van der Waals surface area contributed by atoms with E-state index in [1.165, 1.54) is 0 Å². The highest BCUT2D eigenvalue weighted by Crippen LogP contribution is 2.43. The minimum absolute atomic E-state index is 0.0982. The molecule has 0 radical (unpaired) electrons. The number of carboxylic acids is 1. The van der Waals surface area contributed by atoms with Gasteiger partial charge >= 0.3 is 5.97 Å². The summed E-state index contributed by atoms with van der Waals surface area (Å²) in [7, 11) is 0. The molecule has 0 aromatic rings. The first kappa shape index (κ1) is 6.85. The van der Waals surface area contributed by atoms with Crippen LogP contribution in [0, 0.1) is 17.8 Å². The third-order valence-corrected chi connectivity index (χ3v) is 2.72. The summed E-state index contributed by atoms with van der Waals surface area (Å²) < 4.78 is 0. The predicted molar refractivity (Wildman–Crippen MR) is 37.9 cm³/mol. The number of carboxylic acid groups (broad SMARTS) is 1. The predicted octanol–water partition coefficient (Wildman–Crippen LogP) is 0.254. The summed E-state index contributed by atoms with van der Waals surface area (Å²) in [5.41, 5.74) is 0. The van der Waals surface area contributed by atoms with Crippen LogP contribution in [0.4, 0.5) is 0 Å². The molecule has 0 amide bonds. The van der Waals surface area contributed by atoms with Crippen LogP contribution < -0.4 is 0 Å². The molecule has 60 valence electrons. The Labute approximate surface area is 64.3 Å². The van der Waals surface area contributed by atoms with Gasteiger partial charge in [0, 0.05) is 11.8 Å². The van der Waals surface area contributed by atoms with Crippen molar-refractivity contribution < 1.29 is 15.0 Å². The van der Waals surface area contributed by atoms with E-state index in [1.807, 2.05) is 12.2 Å². The van der Waals surface area contributed by atoms with Gasteiger partial charge in [0.15, 0.2) is 0 Å². The third-order valence-electron chi connectivity index (χ3n) is 2.72. The highest BCUT2D eigenvalue weighted by Gasteiger charge is 2.46. The molecule has 0 aromatic carbocycles. The minimum atomic E-state index is -0.777. The van der Waals surface area contributed by atoms with Gasteiger partial charge in [-0.15, -0.1) is 0 Å². The molecule has 2 bridgehead atoms. The lowest BCUT2D eigenvalue weighted by molar-refractivity contribution is -0.142. The standard InChI is InChI=1S/C8H10O3/c9-7-4-1-2-5(7)6(3-4)8(10)11/h1-2,4-7,9H,3H2,(H,10,11)/t4-,5+,6+,7+/m1/s1. The Morgan fingerprint density at radius 2 is 2.18 bits per heavy atom. The number of fused-ring (bicyclic) bond motifs is 2. The molecule has 0 unspecified atom stereocenters. The van der Waals surface area contributed by atoms with Crippen LogP contribution >= 0.6 is 0 Å². The molecule has 2 aliphatic carbocycles. The number of aliphatic hydroxyl groups is 1. The van der Waals surface area contributed by atoms with Crippen LogP contribution in [0.2, 0.25) is 0 Å². The summed E-state index contributed by atoms with van der Waals surface area (Å²) in [6.07, 6.45) is 3.93. The van der Waals surface area contributed by atoms with Crippen LogP contribution in [0.25, 0.3) is 0 Å². The second-order valence-corrected chi connectivity index (χ2v) is 3.30. The largest absolute Gasteiger partial charge is 0.481 e. The quantitative estimate of drug-likeness (QED) is 0.532. The van der Waals surface area contributed by atoms with E-state index in [4.69, 9.17) is 5.11 Å². The maximum Gasteiger partial charge on any atom is 0.307 e. The third kappa shape index (κ3) is 0.807. The van der Waals surface area contributed by atoms with Crippen molar-refractivity contribution in [3.63, 3.8) is 0 Å². The average molecular weight is 154 g/mol. The van der Waals surface area contributed by atoms with Crippen molar-refractivity contribution in [3.8, 4) is 0 Å². The zero-order valence-electron chi connectivity index (χ0n) is 5.97. The van der Waals surface area contributed by atoms with Crippen molar-refractivity contribution in [2.45, 2.75) is 12.5 Å². The molecule has 0 heterocycles. The van der Waals surface area contributed by atoms with Gasteiger partial charge in [-0.25, -0.2) is 0 Å². The Bertz CT molecular complexity index is 221. The van der Waals surface area contributed by atoms with Gasteiger partial charge in [-0.05, 0) is 6.42 Å². The monoisotopic (exact) mass is 154 g/mol. The smallest absolute Gasteiger partial charge is 0.307 e. The van der Waals surface area contributed by atoms with E-state index >= 15 is 0 Å².